The van der Waals surface area contributed by atoms with Crippen molar-refractivity contribution in [1.29, 1.82) is 0 Å². The number of nitrogen functional groups attached to an aromatic ring is 1. The predicted molar refractivity (Wildman–Crippen MR) is 126 cm³/mol. The summed E-state index contributed by atoms with van der Waals surface area (Å²) in [6.07, 6.45) is 1.79. The van der Waals surface area contributed by atoms with Gasteiger partial charge in [0.15, 0.2) is 6.61 Å². The van der Waals surface area contributed by atoms with Gasteiger partial charge >= 0.3 is 0 Å². The molecule has 2 aromatic carbocycles. The number of anilines is 1. The molecule has 2 heterocycles. The van der Waals surface area contributed by atoms with Crippen LogP contribution in [0.4, 0.5) is 5.69 Å². The first-order chi connectivity index (χ1) is 15.5. The van der Waals surface area contributed by atoms with Crippen LogP contribution in [-0.4, -0.2) is 34.3 Å². The third kappa shape index (κ3) is 4.74. The van der Waals surface area contributed by atoms with Gasteiger partial charge in [0.25, 0.3) is 5.91 Å². The zero-order valence-corrected chi connectivity index (χ0v) is 19.1. The van der Waals surface area contributed by atoms with Gasteiger partial charge in [-0.15, -0.1) is 0 Å². The molecule has 8 nitrogen and oxygen atoms in total. The third-order valence-electron chi connectivity index (χ3n) is 5.00. The van der Waals surface area contributed by atoms with Gasteiger partial charge in [-0.2, -0.15) is 0 Å². The van der Waals surface area contributed by atoms with E-state index in [1.165, 1.54) is 0 Å². The number of nitrogens with zero attached hydrogens (tertiary/aromatic N) is 3. The molecule has 0 atom stereocenters. The van der Waals surface area contributed by atoms with E-state index < -0.39 is 0 Å². The molecule has 1 amide bonds. The van der Waals surface area contributed by atoms with Gasteiger partial charge in [-0.05, 0) is 49.2 Å². The Morgan fingerprint density at radius 2 is 1.91 bits per heavy atom. The minimum absolute atomic E-state index is 0.00817. The highest BCUT2D eigenvalue weighted by Gasteiger charge is 2.15. The molecule has 0 unspecified atom stereocenters. The molecule has 0 spiro atoms. The fraction of sp³-hybridized carbons (Fsp3) is 0.292. The lowest BCUT2D eigenvalue weighted by molar-refractivity contribution is -0.122. The Morgan fingerprint density at radius 1 is 1.19 bits per heavy atom. The van der Waals surface area contributed by atoms with Crippen LogP contribution in [0.1, 0.15) is 30.9 Å². The van der Waals surface area contributed by atoms with Crippen molar-refractivity contribution in [2.75, 3.05) is 19.4 Å². The lowest BCUT2D eigenvalue weighted by Crippen LogP contribution is -2.24. The van der Waals surface area contributed by atoms with Crippen LogP contribution in [0.3, 0.4) is 0 Å². The molecule has 0 aliphatic carbocycles. The molecule has 3 N–H and O–H groups in total. The second-order valence-corrected chi connectivity index (χ2v) is 7.11. The summed E-state index contributed by atoms with van der Waals surface area (Å²) in [7, 11) is 1.58. The van der Waals surface area contributed by atoms with Crippen LogP contribution in [0.5, 0.6) is 5.75 Å². The van der Waals surface area contributed by atoms with E-state index in [1.807, 2.05) is 62.6 Å². The number of ether oxygens (including phenoxy) is 1. The number of aryl methyl sites for hydroxylation is 2. The fourth-order valence-electron chi connectivity index (χ4n) is 3.46. The molecule has 32 heavy (non-hydrogen) atoms. The van der Waals surface area contributed by atoms with Crippen molar-refractivity contribution in [3.63, 3.8) is 0 Å². The van der Waals surface area contributed by atoms with E-state index in [0.29, 0.717) is 18.0 Å². The van der Waals surface area contributed by atoms with E-state index in [0.717, 1.165) is 39.2 Å². The lowest BCUT2D eigenvalue weighted by atomic mass is 10.0. The summed E-state index contributed by atoms with van der Waals surface area (Å²) in [4.78, 5) is 15.8. The molecule has 0 radical (unpaired) electrons. The Labute approximate surface area is 187 Å². The van der Waals surface area contributed by atoms with Gasteiger partial charge in [0.1, 0.15) is 17.0 Å². The first-order valence-electron chi connectivity index (χ1n) is 10.6. The number of hydrogen-bond acceptors (Lipinski definition) is 6. The first-order valence-corrected chi connectivity index (χ1v) is 10.6. The number of carbonyl (C=O) groups excluding carboxylic acids is 1. The van der Waals surface area contributed by atoms with Gasteiger partial charge in [-0.1, -0.05) is 31.1 Å². The highest BCUT2D eigenvalue weighted by atomic mass is 16.5. The Bertz CT molecular complexity index is 1190. The number of hydrogen-bond donors (Lipinski definition) is 2. The van der Waals surface area contributed by atoms with Crippen molar-refractivity contribution >= 4 is 22.6 Å². The number of fused-ring (bicyclic) bond motifs is 1. The Morgan fingerprint density at radius 3 is 2.53 bits per heavy atom. The van der Waals surface area contributed by atoms with Gasteiger partial charge in [-0.3, -0.25) is 4.79 Å². The van der Waals surface area contributed by atoms with Crippen LogP contribution in [0, 0.1) is 13.8 Å². The Hall–Kier alpha value is -3.81. The van der Waals surface area contributed by atoms with Crippen LogP contribution in [0.2, 0.25) is 0 Å². The number of benzene rings is 2. The van der Waals surface area contributed by atoms with Gasteiger partial charge < -0.3 is 24.9 Å². The van der Waals surface area contributed by atoms with Crippen molar-refractivity contribution < 1.29 is 14.1 Å². The van der Waals surface area contributed by atoms with E-state index in [1.54, 1.807) is 13.4 Å². The summed E-state index contributed by atoms with van der Waals surface area (Å²) < 4.78 is 12.8. The van der Waals surface area contributed by atoms with Crippen molar-refractivity contribution in [3.8, 4) is 16.9 Å². The van der Waals surface area contributed by atoms with E-state index in [2.05, 4.69) is 21.5 Å². The van der Waals surface area contributed by atoms with E-state index in [-0.39, 0.29) is 12.5 Å². The second kappa shape index (κ2) is 10.00. The number of nitrogens with two attached hydrogens (primary N) is 1. The molecule has 4 aromatic rings. The number of aromatic nitrogens is 3. The quantitative estimate of drug-likeness (QED) is 0.442. The van der Waals surface area contributed by atoms with Crippen LogP contribution in [0.25, 0.3) is 22.2 Å². The zero-order valence-electron chi connectivity index (χ0n) is 19.1. The van der Waals surface area contributed by atoms with Crippen LogP contribution in [-0.2, 0) is 11.3 Å². The maximum Gasteiger partial charge on any atom is 0.257 e. The SMILES string of the molecule is CC.CNC(=O)COc1ccc(Cn2cnc3c(N)cc(-c4c(C)noc4C)cc32)cc1. The van der Waals surface area contributed by atoms with Gasteiger partial charge in [0, 0.05) is 19.2 Å². The second-order valence-electron chi connectivity index (χ2n) is 7.11. The van der Waals surface area contributed by atoms with E-state index in [4.69, 9.17) is 15.0 Å². The fourth-order valence-corrected chi connectivity index (χ4v) is 3.46. The number of amides is 1. The molecular weight excluding hydrogens is 406 g/mol. The molecule has 168 valence electrons. The van der Waals surface area contributed by atoms with E-state index in [9.17, 15) is 4.79 Å². The molecule has 4 rings (SSSR count). The number of nitrogens with one attached hydrogen (secondary N) is 1. The lowest BCUT2D eigenvalue weighted by Gasteiger charge is -2.09. The predicted octanol–water partition coefficient (Wildman–Crippen LogP) is 4.09. The summed E-state index contributed by atoms with van der Waals surface area (Å²) in [6, 6.07) is 11.6. The summed E-state index contributed by atoms with van der Waals surface area (Å²) >= 11 is 0. The molecule has 0 saturated carbocycles. The Balaban J connectivity index is 0.00000141. The van der Waals surface area contributed by atoms with Gasteiger partial charge in [0.2, 0.25) is 0 Å². The number of rotatable bonds is 6. The van der Waals surface area contributed by atoms with Gasteiger partial charge in [0.05, 0.1) is 23.2 Å². The third-order valence-corrected chi connectivity index (χ3v) is 5.00. The highest BCUT2D eigenvalue weighted by molar-refractivity contribution is 5.92. The standard InChI is InChI=1S/C22H23N5O3.C2H6/c1-13-21(14(2)30-26-13)16-8-18(23)22-19(9-16)27(12-25-22)10-15-4-6-17(7-5-15)29-11-20(28)24-3;1-2/h4-9,12H,10-11,23H2,1-3H3,(H,24,28);1-2H3. The summed E-state index contributed by atoms with van der Waals surface area (Å²) in [5.41, 5.74) is 12.4. The largest absolute Gasteiger partial charge is 0.484 e. The average Bonchev–Trinajstić information content (AvgIpc) is 3.37. The first kappa shape index (κ1) is 22.9. The molecule has 0 fully saturated rings. The average molecular weight is 436 g/mol. The summed E-state index contributed by atoms with van der Waals surface area (Å²) in [6.45, 7) is 8.42. The van der Waals surface area contributed by atoms with Gasteiger partial charge in [-0.25, -0.2) is 4.98 Å². The maximum atomic E-state index is 11.3. The molecule has 0 aliphatic heterocycles. The molecule has 0 aliphatic rings. The van der Waals surface area contributed by atoms with Crippen molar-refractivity contribution in [2.45, 2.75) is 34.2 Å². The van der Waals surface area contributed by atoms with E-state index >= 15 is 0 Å². The van der Waals surface area contributed by atoms with Crippen LogP contribution < -0.4 is 15.8 Å². The summed E-state index contributed by atoms with van der Waals surface area (Å²) in [5.74, 6) is 1.23. The minimum Gasteiger partial charge on any atom is -0.484 e. The van der Waals surface area contributed by atoms with Crippen LogP contribution >= 0.6 is 0 Å². The topological polar surface area (TPSA) is 108 Å². The van der Waals surface area contributed by atoms with Crippen molar-refractivity contribution in [1.82, 2.24) is 20.0 Å². The molecule has 2 aromatic heterocycles. The molecule has 0 saturated heterocycles. The molecular formula is C24H29N5O3. The maximum absolute atomic E-state index is 11.3. The number of likely N-dealkylation sites (N-methyl/N-ethyl adjacent to an activating group) is 1. The molecule has 8 heteroatoms. The normalized spacial score (nSPS) is 10.5. The number of carbonyl (C=O) groups is 1. The highest BCUT2D eigenvalue weighted by Crippen LogP contribution is 2.32. The van der Waals surface area contributed by atoms with Crippen molar-refractivity contribution in [2.24, 2.45) is 0 Å². The smallest absolute Gasteiger partial charge is 0.257 e. The number of imidazole rings is 1. The monoisotopic (exact) mass is 435 g/mol. The van der Waals surface area contributed by atoms with Crippen LogP contribution in [0.15, 0.2) is 47.2 Å². The zero-order chi connectivity index (χ0) is 23.3. The Kier molecular flexibility index (Phi) is 7.14. The van der Waals surface area contributed by atoms with Crippen molar-refractivity contribution in [3.05, 3.63) is 59.7 Å². The molecule has 0 bridgehead atoms. The minimum atomic E-state index is -0.171. The summed E-state index contributed by atoms with van der Waals surface area (Å²) in [5, 5.41) is 6.57.